The van der Waals surface area contributed by atoms with Crippen LogP contribution in [0.2, 0.25) is 0 Å². The molecule has 4 heteroatoms. The lowest BCUT2D eigenvalue weighted by Crippen LogP contribution is -2.34. The van der Waals surface area contributed by atoms with Crippen LogP contribution in [0.25, 0.3) is 0 Å². The van der Waals surface area contributed by atoms with E-state index in [1.165, 1.54) is 36.8 Å². The summed E-state index contributed by atoms with van der Waals surface area (Å²) in [6.07, 6.45) is 11.3. The topological polar surface area (TPSA) is 44.8 Å². The highest BCUT2D eigenvalue weighted by atomic mass is 16.7. The summed E-state index contributed by atoms with van der Waals surface area (Å²) in [4.78, 5) is 12.1. The van der Waals surface area contributed by atoms with Crippen LogP contribution in [0, 0.1) is 0 Å². The standard InChI is InChI=1S/C22H28O4/c1-3-25-21(23)26-22(19-9-11-20(24-2)12-10-19)15-13-18(14-16-22)17-7-5-4-6-8-17/h7,9-13H,3-6,8,14-16H2,1-2H3. The Hall–Kier alpha value is -2.23. The zero-order chi connectivity index (χ0) is 18.4. The van der Waals surface area contributed by atoms with Crippen molar-refractivity contribution in [2.24, 2.45) is 0 Å². The number of carbonyl (C=O) groups is 1. The number of hydrogen-bond acceptors (Lipinski definition) is 4. The highest BCUT2D eigenvalue weighted by molar-refractivity contribution is 5.61. The molecule has 1 atom stereocenters. The SMILES string of the molecule is CCOC(=O)OC1(c2ccc(OC)cc2)CC=C(C2=CCCCC2)CC1. The fourth-order valence-electron chi connectivity index (χ4n) is 3.87. The fourth-order valence-corrected chi connectivity index (χ4v) is 3.87. The molecule has 26 heavy (non-hydrogen) atoms. The van der Waals surface area contributed by atoms with Gasteiger partial charge in [0.15, 0.2) is 0 Å². The van der Waals surface area contributed by atoms with Gasteiger partial charge in [-0.3, -0.25) is 0 Å². The van der Waals surface area contributed by atoms with Gasteiger partial charge in [-0.25, -0.2) is 4.79 Å². The van der Waals surface area contributed by atoms with E-state index in [2.05, 4.69) is 12.2 Å². The van der Waals surface area contributed by atoms with Gasteiger partial charge in [0.1, 0.15) is 11.4 Å². The monoisotopic (exact) mass is 356 g/mol. The third kappa shape index (κ3) is 4.12. The Labute approximate surface area is 155 Å². The lowest BCUT2D eigenvalue weighted by molar-refractivity contribution is -0.0436. The maximum atomic E-state index is 12.1. The molecule has 0 fully saturated rings. The minimum Gasteiger partial charge on any atom is -0.497 e. The van der Waals surface area contributed by atoms with Gasteiger partial charge >= 0.3 is 6.16 Å². The summed E-state index contributed by atoms with van der Waals surface area (Å²) in [6.45, 7) is 2.10. The Kier molecular flexibility index (Phi) is 6.02. The van der Waals surface area contributed by atoms with Gasteiger partial charge in [-0.1, -0.05) is 24.3 Å². The van der Waals surface area contributed by atoms with E-state index >= 15 is 0 Å². The van der Waals surface area contributed by atoms with Crippen molar-refractivity contribution >= 4 is 6.16 Å². The van der Waals surface area contributed by atoms with Crippen molar-refractivity contribution in [2.75, 3.05) is 13.7 Å². The number of benzene rings is 1. The van der Waals surface area contributed by atoms with Crippen LogP contribution in [0.4, 0.5) is 4.79 Å². The molecule has 0 heterocycles. The Morgan fingerprint density at radius 1 is 1.08 bits per heavy atom. The summed E-state index contributed by atoms with van der Waals surface area (Å²) >= 11 is 0. The van der Waals surface area contributed by atoms with Crippen LogP contribution in [-0.4, -0.2) is 19.9 Å². The summed E-state index contributed by atoms with van der Waals surface area (Å²) < 4.78 is 16.2. The molecular formula is C22H28O4. The van der Waals surface area contributed by atoms with Crippen molar-refractivity contribution in [2.45, 2.75) is 57.5 Å². The van der Waals surface area contributed by atoms with Gasteiger partial charge in [0.05, 0.1) is 13.7 Å². The van der Waals surface area contributed by atoms with Gasteiger partial charge in [-0.05, 0) is 74.3 Å². The van der Waals surface area contributed by atoms with Gasteiger partial charge in [0, 0.05) is 6.42 Å². The predicted molar refractivity (Wildman–Crippen MR) is 101 cm³/mol. The van der Waals surface area contributed by atoms with Crippen LogP contribution in [0.1, 0.15) is 57.4 Å². The maximum absolute atomic E-state index is 12.1. The predicted octanol–water partition coefficient (Wildman–Crippen LogP) is 5.67. The van der Waals surface area contributed by atoms with E-state index in [0.717, 1.165) is 24.2 Å². The minimum absolute atomic E-state index is 0.311. The summed E-state index contributed by atoms with van der Waals surface area (Å²) in [5, 5.41) is 0. The maximum Gasteiger partial charge on any atom is 0.509 e. The van der Waals surface area contributed by atoms with Gasteiger partial charge in [-0.15, -0.1) is 0 Å². The van der Waals surface area contributed by atoms with Gasteiger partial charge in [0.2, 0.25) is 0 Å². The van der Waals surface area contributed by atoms with Crippen molar-refractivity contribution < 1.29 is 19.0 Å². The molecule has 0 aliphatic heterocycles. The second kappa shape index (κ2) is 8.43. The van der Waals surface area contributed by atoms with Crippen molar-refractivity contribution in [3.8, 4) is 5.75 Å². The second-order valence-electron chi connectivity index (χ2n) is 6.92. The van der Waals surface area contributed by atoms with Crippen LogP contribution in [0.3, 0.4) is 0 Å². The smallest absolute Gasteiger partial charge is 0.497 e. The van der Waals surface area contributed by atoms with E-state index in [4.69, 9.17) is 14.2 Å². The molecule has 0 N–H and O–H groups in total. The summed E-state index contributed by atoms with van der Waals surface area (Å²) in [7, 11) is 1.65. The molecule has 1 unspecified atom stereocenters. The molecule has 2 aliphatic carbocycles. The first-order valence-electron chi connectivity index (χ1n) is 9.55. The molecule has 0 saturated carbocycles. The normalized spacial score (nSPS) is 22.8. The number of ether oxygens (including phenoxy) is 3. The molecule has 0 saturated heterocycles. The molecule has 0 amide bonds. The molecule has 0 bridgehead atoms. The number of hydrogen-bond donors (Lipinski definition) is 0. The van der Waals surface area contributed by atoms with E-state index in [1.807, 2.05) is 24.3 Å². The van der Waals surface area contributed by atoms with Gasteiger partial charge < -0.3 is 14.2 Å². The van der Waals surface area contributed by atoms with E-state index in [-0.39, 0.29) is 0 Å². The zero-order valence-electron chi connectivity index (χ0n) is 15.8. The lowest BCUT2D eigenvalue weighted by Gasteiger charge is -2.36. The highest BCUT2D eigenvalue weighted by Gasteiger charge is 2.39. The van der Waals surface area contributed by atoms with Gasteiger partial charge in [-0.2, -0.15) is 0 Å². The number of rotatable bonds is 5. The number of methoxy groups -OCH3 is 1. The van der Waals surface area contributed by atoms with Crippen molar-refractivity contribution in [3.63, 3.8) is 0 Å². The first kappa shape index (κ1) is 18.6. The van der Waals surface area contributed by atoms with Crippen LogP contribution >= 0.6 is 0 Å². The summed E-state index contributed by atoms with van der Waals surface area (Å²) in [6, 6.07) is 7.79. The van der Waals surface area contributed by atoms with E-state index in [9.17, 15) is 4.79 Å². The molecule has 140 valence electrons. The fraction of sp³-hybridized carbons (Fsp3) is 0.500. The molecule has 2 aliphatic rings. The second-order valence-corrected chi connectivity index (χ2v) is 6.92. The van der Waals surface area contributed by atoms with Crippen LogP contribution in [0.15, 0.2) is 47.6 Å². The molecule has 0 spiro atoms. The van der Waals surface area contributed by atoms with E-state index in [1.54, 1.807) is 14.0 Å². The zero-order valence-corrected chi connectivity index (χ0v) is 15.8. The average molecular weight is 356 g/mol. The first-order chi connectivity index (χ1) is 12.7. The molecule has 0 aromatic heterocycles. The molecule has 1 aromatic carbocycles. The van der Waals surface area contributed by atoms with Crippen molar-refractivity contribution in [1.82, 2.24) is 0 Å². The van der Waals surface area contributed by atoms with Crippen molar-refractivity contribution in [1.29, 1.82) is 0 Å². The van der Waals surface area contributed by atoms with Crippen molar-refractivity contribution in [3.05, 3.63) is 53.1 Å². The molecule has 0 radical (unpaired) electrons. The number of allylic oxidation sites excluding steroid dienone is 3. The molecule has 1 aromatic rings. The van der Waals surface area contributed by atoms with Crippen LogP contribution in [-0.2, 0) is 15.1 Å². The van der Waals surface area contributed by atoms with Crippen LogP contribution in [0.5, 0.6) is 5.75 Å². The minimum atomic E-state index is -0.669. The summed E-state index contributed by atoms with van der Waals surface area (Å²) in [5.74, 6) is 0.791. The van der Waals surface area contributed by atoms with E-state index < -0.39 is 11.8 Å². The molecule has 3 rings (SSSR count). The van der Waals surface area contributed by atoms with E-state index in [0.29, 0.717) is 13.0 Å². The Balaban J connectivity index is 1.85. The van der Waals surface area contributed by atoms with Crippen LogP contribution < -0.4 is 4.74 Å². The Morgan fingerprint density at radius 2 is 1.85 bits per heavy atom. The third-order valence-corrected chi connectivity index (χ3v) is 5.34. The first-order valence-corrected chi connectivity index (χ1v) is 9.55. The summed E-state index contributed by atoms with van der Waals surface area (Å²) in [5.41, 5.74) is 3.22. The Bertz CT molecular complexity index is 687. The largest absolute Gasteiger partial charge is 0.509 e. The number of carbonyl (C=O) groups excluding carboxylic acids is 1. The van der Waals surface area contributed by atoms with Gasteiger partial charge in [0.25, 0.3) is 0 Å². The lowest BCUT2D eigenvalue weighted by atomic mass is 9.77. The Morgan fingerprint density at radius 3 is 2.42 bits per heavy atom. The molecular weight excluding hydrogens is 328 g/mol. The third-order valence-electron chi connectivity index (χ3n) is 5.34. The molecule has 4 nitrogen and oxygen atoms in total. The quantitative estimate of drug-likeness (QED) is 0.637. The average Bonchev–Trinajstić information content (AvgIpc) is 2.69. The highest BCUT2D eigenvalue weighted by Crippen LogP contribution is 2.43.